The molecule has 0 radical (unpaired) electrons. The van der Waals surface area contributed by atoms with Crippen LogP contribution >= 0.6 is 0 Å². The molecule has 2 unspecified atom stereocenters. The highest BCUT2D eigenvalue weighted by molar-refractivity contribution is 4.67. The third kappa shape index (κ3) is 7.77. The molecule has 0 aliphatic heterocycles. The average molecular weight is 216 g/mol. The fourth-order valence-electron chi connectivity index (χ4n) is 1.48. The molecule has 3 heteroatoms. The zero-order valence-electron chi connectivity index (χ0n) is 11.0. The molecule has 2 atom stereocenters. The molecule has 0 aromatic rings. The van der Waals surface area contributed by atoms with Crippen LogP contribution in [-0.2, 0) is 4.74 Å². The van der Waals surface area contributed by atoms with E-state index in [2.05, 4.69) is 38.0 Å². The predicted molar refractivity (Wildman–Crippen MR) is 66.3 cm³/mol. The van der Waals surface area contributed by atoms with Crippen molar-refractivity contribution in [2.24, 2.45) is 0 Å². The first-order valence-corrected chi connectivity index (χ1v) is 6.04. The molecule has 0 saturated heterocycles. The lowest BCUT2D eigenvalue weighted by molar-refractivity contribution is 0.113. The minimum atomic E-state index is 0.508. The minimum Gasteiger partial charge on any atom is -0.383 e. The number of ether oxygens (including phenoxy) is 1. The van der Waals surface area contributed by atoms with Crippen LogP contribution in [0.5, 0.6) is 0 Å². The van der Waals surface area contributed by atoms with E-state index in [1.807, 2.05) is 0 Å². The van der Waals surface area contributed by atoms with Crippen molar-refractivity contribution >= 4 is 0 Å². The summed E-state index contributed by atoms with van der Waals surface area (Å²) in [5.41, 5.74) is 0. The SMILES string of the molecule is CCCNC(C)CCN(C)C(C)COC. The molecule has 3 nitrogen and oxygen atoms in total. The Hall–Kier alpha value is -0.120. The number of hydrogen-bond acceptors (Lipinski definition) is 3. The van der Waals surface area contributed by atoms with Crippen LogP contribution in [0.2, 0.25) is 0 Å². The van der Waals surface area contributed by atoms with Crippen LogP contribution in [0.25, 0.3) is 0 Å². The number of nitrogens with one attached hydrogen (secondary N) is 1. The third-order valence-corrected chi connectivity index (χ3v) is 2.82. The molecule has 92 valence electrons. The predicted octanol–water partition coefficient (Wildman–Crippen LogP) is 1.73. The summed E-state index contributed by atoms with van der Waals surface area (Å²) < 4.78 is 5.14. The van der Waals surface area contributed by atoms with Crippen molar-refractivity contribution in [2.75, 3.05) is 33.9 Å². The van der Waals surface area contributed by atoms with Crippen molar-refractivity contribution in [1.82, 2.24) is 10.2 Å². The molecule has 0 fully saturated rings. The van der Waals surface area contributed by atoms with E-state index >= 15 is 0 Å². The molecule has 0 amide bonds. The lowest BCUT2D eigenvalue weighted by atomic mass is 10.2. The van der Waals surface area contributed by atoms with E-state index < -0.39 is 0 Å². The summed E-state index contributed by atoms with van der Waals surface area (Å²) in [4.78, 5) is 2.35. The first kappa shape index (κ1) is 14.9. The number of rotatable bonds is 9. The van der Waals surface area contributed by atoms with Gasteiger partial charge in [-0.2, -0.15) is 0 Å². The van der Waals surface area contributed by atoms with Gasteiger partial charge in [0.2, 0.25) is 0 Å². The van der Waals surface area contributed by atoms with Gasteiger partial charge in [0.25, 0.3) is 0 Å². The summed E-state index contributed by atoms with van der Waals surface area (Å²) in [5, 5.41) is 3.50. The van der Waals surface area contributed by atoms with Crippen LogP contribution in [0.1, 0.15) is 33.6 Å². The molecule has 0 aromatic carbocycles. The molecule has 0 bridgehead atoms. The molecule has 0 aliphatic carbocycles. The van der Waals surface area contributed by atoms with Gasteiger partial charge < -0.3 is 15.0 Å². The zero-order valence-corrected chi connectivity index (χ0v) is 11.0. The van der Waals surface area contributed by atoms with Crippen LogP contribution < -0.4 is 5.32 Å². The third-order valence-electron chi connectivity index (χ3n) is 2.82. The fraction of sp³-hybridized carbons (Fsp3) is 1.00. The molecule has 0 heterocycles. The van der Waals surface area contributed by atoms with Crippen molar-refractivity contribution in [3.05, 3.63) is 0 Å². The van der Waals surface area contributed by atoms with Crippen LogP contribution in [0.4, 0.5) is 0 Å². The van der Waals surface area contributed by atoms with E-state index in [-0.39, 0.29) is 0 Å². The van der Waals surface area contributed by atoms with Crippen LogP contribution in [0.3, 0.4) is 0 Å². The zero-order chi connectivity index (χ0) is 11.7. The average Bonchev–Trinajstić information content (AvgIpc) is 2.23. The lowest BCUT2D eigenvalue weighted by Gasteiger charge is -2.25. The number of likely N-dealkylation sites (N-methyl/N-ethyl adjacent to an activating group) is 1. The monoisotopic (exact) mass is 216 g/mol. The van der Waals surface area contributed by atoms with Gasteiger partial charge in [-0.15, -0.1) is 0 Å². The molecular weight excluding hydrogens is 188 g/mol. The largest absolute Gasteiger partial charge is 0.383 e. The molecule has 1 N–H and O–H groups in total. The Labute approximate surface area is 95.2 Å². The van der Waals surface area contributed by atoms with Crippen LogP contribution in [-0.4, -0.2) is 50.8 Å². The summed E-state index contributed by atoms with van der Waals surface area (Å²) in [7, 11) is 3.92. The first-order valence-electron chi connectivity index (χ1n) is 6.04. The minimum absolute atomic E-state index is 0.508. The van der Waals surface area contributed by atoms with E-state index in [9.17, 15) is 0 Å². The maximum atomic E-state index is 5.14. The van der Waals surface area contributed by atoms with Crippen molar-refractivity contribution in [3.63, 3.8) is 0 Å². The summed E-state index contributed by atoms with van der Waals surface area (Å²) >= 11 is 0. The Morgan fingerprint density at radius 1 is 1.33 bits per heavy atom. The van der Waals surface area contributed by atoms with Gasteiger partial charge in [-0.25, -0.2) is 0 Å². The molecule has 0 rings (SSSR count). The van der Waals surface area contributed by atoms with Crippen molar-refractivity contribution < 1.29 is 4.74 Å². The Bertz CT molecular complexity index is 142. The molecule has 0 aliphatic rings. The van der Waals surface area contributed by atoms with Crippen molar-refractivity contribution in [3.8, 4) is 0 Å². The Morgan fingerprint density at radius 3 is 2.53 bits per heavy atom. The number of nitrogens with zero attached hydrogens (tertiary/aromatic N) is 1. The smallest absolute Gasteiger partial charge is 0.0615 e. The number of methoxy groups -OCH3 is 1. The second-order valence-corrected chi connectivity index (χ2v) is 4.43. The van der Waals surface area contributed by atoms with E-state index in [1.54, 1.807) is 7.11 Å². The topological polar surface area (TPSA) is 24.5 Å². The molecular formula is C12H28N2O. The van der Waals surface area contributed by atoms with Gasteiger partial charge in [-0.05, 0) is 46.8 Å². The second-order valence-electron chi connectivity index (χ2n) is 4.43. The second kappa shape index (κ2) is 9.13. The van der Waals surface area contributed by atoms with Gasteiger partial charge in [0.1, 0.15) is 0 Å². The standard InChI is InChI=1S/C12H28N2O/c1-6-8-13-11(2)7-9-14(4)12(3)10-15-5/h11-13H,6-10H2,1-5H3. The van der Waals surface area contributed by atoms with Gasteiger partial charge in [0.15, 0.2) is 0 Å². The van der Waals surface area contributed by atoms with Gasteiger partial charge in [0, 0.05) is 19.2 Å². The van der Waals surface area contributed by atoms with Gasteiger partial charge >= 0.3 is 0 Å². The molecule has 0 saturated carbocycles. The molecule has 15 heavy (non-hydrogen) atoms. The number of hydrogen-bond donors (Lipinski definition) is 1. The Balaban J connectivity index is 3.55. The van der Waals surface area contributed by atoms with Crippen molar-refractivity contribution in [2.45, 2.75) is 45.7 Å². The molecule has 0 aromatic heterocycles. The maximum Gasteiger partial charge on any atom is 0.0615 e. The van der Waals surface area contributed by atoms with Gasteiger partial charge in [-0.3, -0.25) is 0 Å². The highest BCUT2D eigenvalue weighted by Gasteiger charge is 2.09. The van der Waals surface area contributed by atoms with Crippen LogP contribution in [0, 0.1) is 0 Å². The van der Waals surface area contributed by atoms with E-state index in [1.165, 1.54) is 12.8 Å². The van der Waals surface area contributed by atoms with Gasteiger partial charge in [-0.1, -0.05) is 6.92 Å². The van der Waals surface area contributed by atoms with Crippen molar-refractivity contribution in [1.29, 1.82) is 0 Å². The first-order chi connectivity index (χ1) is 7.11. The van der Waals surface area contributed by atoms with Gasteiger partial charge in [0.05, 0.1) is 6.61 Å². The van der Waals surface area contributed by atoms with E-state index in [0.717, 1.165) is 19.7 Å². The summed E-state index contributed by atoms with van der Waals surface area (Å²) in [6, 6.07) is 1.12. The quantitative estimate of drug-likeness (QED) is 0.635. The summed E-state index contributed by atoms with van der Waals surface area (Å²) in [6.07, 6.45) is 2.41. The highest BCUT2D eigenvalue weighted by Crippen LogP contribution is 2.00. The normalized spacial score (nSPS) is 15.6. The van der Waals surface area contributed by atoms with Crippen LogP contribution in [0.15, 0.2) is 0 Å². The Morgan fingerprint density at radius 2 is 2.00 bits per heavy atom. The Kier molecular flexibility index (Phi) is 9.06. The van der Waals surface area contributed by atoms with E-state index in [4.69, 9.17) is 4.74 Å². The summed E-state index contributed by atoms with van der Waals surface area (Å²) in [6.45, 7) is 9.72. The van der Waals surface area contributed by atoms with E-state index in [0.29, 0.717) is 12.1 Å². The fourth-order valence-corrected chi connectivity index (χ4v) is 1.48. The summed E-state index contributed by atoms with van der Waals surface area (Å²) in [5.74, 6) is 0. The molecule has 0 spiro atoms. The highest BCUT2D eigenvalue weighted by atomic mass is 16.5. The lowest BCUT2D eigenvalue weighted by Crippen LogP contribution is -2.37. The maximum absolute atomic E-state index is 5.14.